The SMILES string of the molecule is COC(=O)N[C@H](C(=O)N1CCC[C@H]1c1ncc(-c2ccc(-c3ccc(-c4cnc([C@@H]5CCCN5C(O)[C@@H](NC(=O)OC)C(C)(C)C)[nH]4)cc3)c3c2CCC32CCCN2C)[nH]1)C(C)C. The maximum atomic E-state index is 13.9. The molecule has 2 unspecified atom stereocenters. The van der Waals surface area contributed by atoms with Gasteiger partial charge in [-0.1, -0.05) is 71.0 Å². The van der Waals surface area contributed by atoms with E-state index >= 15 is 0 Å². The van der Waals surface area contributed by atoms with E-state index < -0.39 is 35.9 Å². The van der Waals surface area contributed by atoms with Crippen molar-refractivity contribution in [3.05, 3.63) is 71.6 Å². The molecule has 15 heteroatoms. The summed E-state index contributed by atoms with van der Waals surface area (Å²) in [6.07, 6.45) is 9.33. The monoisotopic (exact) mass is 864 g/mol. The zero-order valence-corrected chi connectivity index (χ0v) is 38.1. The van der Waals surface area contributed by atoms with Crippen molar-refractivity contribution in [3.8, 4) is 33.6 Å². The van der Waals surface area contributed by atoms with E-state index in [9.17, 15) is 19.5 Å². The van der Waals surface area contributed by atoms with E-state index in [0.29, 0.717) is 13.1 Å². The first-order valence-electron chi connectivity index (χ1n) is 22.7. The summed E-state index contributed by atoms with van der Waals surface area (Å²) >= 11 is 0. The van der Waals surface area contributed by atoms with Gasteiger partial charge in [-0.2, -0.15) is 0 Å². The van der Waals surface area contributed by atoms with Gasteiger partial charge in [0.2, 0.25) is 5.91 Å². The summed E-state index contributed by atoms with van der Waals surface area (Å²) in [6, 6.07) is 11.7. The third-order valence-electron chi connectivity index (χ3n) is 14.3. The number of amides is 3. The highest BCUT2D eigenvalue weighted by molar-refractivity contribution is 5.86. The minimum Gasteiger partial charge on any atom is -0.453 e. The van der Waals surface area contributed by atoms with Gasteiger partial charge >= 0.3 is 12.2 Å². The fraction of sp³-hybridized carbons (Fsp3) is 0.562. The van der Waals surface area contributed by atoms with E-state index in [0.717, 1.165) is 97.6 Å². The first-order chi connectivity index (χ1) is 30.1. The lowest BCUT2D eigenvalue weighted by Crippen LogP contribution is -2.57. The van der Waals surface area contributed by atoms with Crippen LogP contribution in [0.15, 0.2) is 48.8 Å². The number of aliphatic hydroxyl groups is 1. The predicted molar refractivity (Wildman–Crippen MR) is 240 cm³/mol. The molecule has 4 aliphatic rings. The van der Waals surface area contributed by atoms with Gasteiger partial charge in [-0.3, -0.25) is 14.6 Å². The highest BCUT2D eigenvalue weighted by atomic mass is 16.5. The number of hydrogen-bond acceptors (Lipinski definition) is 10. The lowest BCUT2D eigenvalue weighted by Gasteiger charge is -2.40. The number of hydrogen-bond donors (Lipinski definition) is 5. The molecule has 3 aliphatic heterocycles. The third kappa shape index (κ3) is 8.35. The van der Waals surface area contributed by atoms with Gasteiger partial charge in [0, 0.05) is 24.2 Å². The van der Waals surface area contributed by atoms with Gasteiger partial charge in [0.1, 0.15) is 23.9 Å². The Morgan fingerprint density at radius 1 is 0.810 bits per heavy atom. The zero-order chi connectivity index (χ0) is 44.8. The molecular formula is C48H65N9O6. The number of carbonyl (C=O) groups excluding carboxylic acids is 3. The van der Waals surface area contributed by atoms with Crippen LogP contribution in [0.3, 0.4) is 0 Å². The lowest BCUT2D eigenvalue weighted by molar-refractivity contribution is -0.135. The van der Waals surface area contributed by atoms with E-state index in [-0.39, 0.29) is 29.4 Å². The summed E-state index contributed by atoms with van der Waals surface area (Å²) in [7, 11) is 4.90. The first-order valence-corrected chi connectivity index (χ1v) is 22.7. The molecule has 1 aliphatic carbocycles. The largest absolute Gasteiger partial charge is 0.453 e. The Bertz CT molecular complexity index is 2300. The van der Waals surface area contributed by atoms with Crippen molar-refractivity contribution >= 4 is 18.1 Å². The van der Waals surface area contributed by atoms with Gasteiger partial charge in [0.15, 0.2) is 0 Å². The Labute approximate surface area is 370 Å². The van der Waals surface area contributed by atoms with Gasteiger partial charge in [-0.05, 0) is 104 Å². The van der Waals surface area contributed by atoms with Crippen LogP contribution >= 0.6 is 0 Å². The topological polar surface area (TPSA) is 181 Å². The number of ether oxygens (including phenoxy) is 2. The van der Waals surface area contributed by atoms with Gasteiger partial charge in [0.05, 0.1) is 56.1 Å². The fourth-order valence-corrected chi connectivity index (χ4v) is 10.9. The van der Waals surface area contributed by atoms with Crippen LogP contribution in [0.25, 0.3) is 33.6 Å². The third-order valence-corrected chi connectivity index (χ3v) is 14.3. The molecule has 2 aromatic carbocycles. The minimum atomic E-state index is -0.927. The molecule has 3 saturated heterocycles. The van der Waals surface area contributed by atoms with Crippen LogP contribution in [0.5, 0.6) is 0 Å². The van der Waals surface area contributed by atoms with Crippen LogP contribution in [0.1, 0.15) is 114 Å². The molecule has 3 amide bonds. The number of aromatic amines is 2. The molecule has 63 heavy (non-hydrogen) atoms. The quantitative estimate of drug-likeness (QED) is 0.103. The number of imidazole rings is 2. The number of nitrogens with one attached hydrogen (secondary N) is 4. The number of nitrogens with zero attached hydrogens (tertiary/aromatic N) is 5. The second-order valence-corrected chi connectivity index (χ2v) is 19.3. The molecule has 4 aromatic rings. The number of aliphatic hydroxyl groups excluding tert-OH is 1. The number of benzene rings is 2. The molecular weight excluding hydrogens is 799 g/mol. The van der Waals surface area contributed by atoms with Crippen LogP contribution < -0.4 is 10.6 Å². The molecule has 15 nitrogen and oxygen atoms in total. The standard InChI is InChI=1S/C48H65N9O6/c1-28(2)39(53-45(60)62-7)43(58)56-24-9-12-36(56)42-50-27-35(52-42)32-19-18-31(38-33(32)20-22-48(38)21-11-23-55(48)6)29-14-16-30(17-15-29)34-26-49-41(51-34)37-13-10-25-57(37)44(59)40(47(3,4)5)54-46(61)63-8/h14-19,26-28,36-37,39-40,44,59H,9-13,20-25H2,1-8H3,(H,49,51)(H,50,52)(H,53,60)(H,54,61)/t36-,37-,39-,40+,44?,48?/m0/s1. The van der Waals surface area contributed by atoms with Crippen molar-refractivity contribution in [2.45, 2.75) is 122 Å². The summed E-state index contributed by atoms with van der Waals surface area (Å²) < 4.78 is 9.71. The average molecular weight is 864 g/mol. The van der Waals surface area contributed by atoms with Gasteiger partial charge < -0.3 is 40.1 Å². The number of likely N-dealkylation sites (tertiary alicyclic amines) is 3. The number of alkyl carbamates (subject to hydrolysis) is 2. The van der Waals surface area contributed by atoms with Gasteiger partial charge in [0.25, 0.3) is 0 Å². The molecule has 6 atom stereocenters. The molecule has 5 N–H and O–H groups in total. The van der Waals surface area contributed by atoms with Crippen molar-refractivity contribution in [3.63, 3.8) is 0 Å². The normalized spacial score (nSPS) is 23.0. The molecule has 0 saturated carbocycles. The Hall–Kier alpha value is -5.25. The maximum Gasteiger partial charge on any atom is 0.407 e. The lowest BCUT2D eigenvalue weighted by atomic mass is 9.82. The summed E-state index contributed by atoms with van der Waals surface area (Å²) in [4.78, 5) is 61.6. The molecule has 3 fully saturated rings. The Morgan fingerprint density at radius 3 is 2.10 bits per heavy atom. The maximum absolute atomic E-state index is 13.9. The minimum absolute atomic E-state index is 0.0519. The molecule has 338 valence electrons. The number of rotatable bonds is 11. The van der Waals surface area contributed by atoms with Crippen molar-refractivity contribution in [2.24, 2.45) is 11.3 Å². The molecule has 1 spiro atoms. The van der Waals surface area contributed by atoms with E-state index in [4.69, 9.17) is 19.4 Å². The van der Waals surface area contributed by atoms with Crippen LogP contribution in [0.2, 0.25) is 0 Å². The Morgan fingerprint density at radius 2 is 1.43 bits per heavy atom. The highest BCUT2D eigenvalue weighted by Crippen LogP contribution is 2.53. The summed E-state index contributed by atoms with van der Waals surface area (Å²) in [5.41, 5.74) is 8.70. The molecule has 2 aromatic heterocycles. The number of H-pyrrole nitrogens is 2. The van der Waals surface area contributed by atoms with Crippen LogP contribution in [0.4, 0.5) is 9.59 Å². The second kappa shape index (κ2) is 17.7. The van der Waals surface area contributed by atoms with Crippen LogP contribution in [0, 0.1) is 11.3 Å². The zero-order valence-electron chi connectivity index (χ0n) is 38.1. The van der Waals surface area contributed by atoms with Gasteiger partial charge in [-0.25, -0.2) is 19.6 Å². The second-order valence-electron chi connectivity index (χ2n) is 19.3. The summed E-state index contributed by atoms with van der Waals surface area (Å²) in [5, 5.41) is 17.2. The molecule has 0 radical (unpaired) electrons. The van der Waals surface area contributed by atoms with Crippen LogP contribution in [-0.4, -0.2) is 117 Å². The highest BCUT2D eigenvalue weighted by Gasteiger charge is 2.48. The van der Waals surface area contributed by atoms with Crippen molar-refractivity contribution < 1.29 is 29.0 Å². The Kier molecular flexibility index (Phi) is 12.5. The van der Waals surface area contributed by atoms with Crippen LogP contribution in [-0.2, 0) is 26.2 Å². The Balaban J connectivity index is 1.05. The molecule has 0 bridgehead atoms. The fourth-order valence-electron chi connectivity index (χ4n) is 10.9. The summed E-state index contributed by atoms with van der Waals surface area (Å²) in [5.74, 6) is 1.32. The van der Waals surface area contributed by atoms with Crippen molar-refractivity contribution in [1.29, 1.82) is 0 Å². The van der Waals surface area contributed by atoms with Crippen molar-refractivity contribution in [2.75, 3.05) is 40.9 Å². The number of methoxy groups -OCH3 is 2. The summed E-state index contributed by atoms with van der Waals surface area (Å²) in [6.45, 7) is 12.2. The number of fused-ring (bicyclic) bond motifs is 2. The molecule has 8 rings (SSSR count). The number of carbonyl (C=O) groups is 3. The van der Waals surface area contributed by atoms with Gasteiger partial charge in [-0.15, -0.1) is 0 Å². The van der Waals surface area contributed by atoms with Crippen molar-refractivity contribution in [1.82, 2.24) is 45.3 Å². The average Bonchev–Trinajstić information content (AvgIpc) is 4.13. The first kappa shape index (κ1) is 44.4. The molecule has 5 heterocycles. The van der Waals surface area contributed by atoms with E-state index in [1.54, 1.807) is 0 Å². The van der Waals surface area contributed by atoms with E-state index in [1.807, 2.05) is 56.8 Å². The van der Waals surface area contributed by atoms with E-state index in [1.165, 1.54) is 30.9 Å². The van der Waals surface area contributed by atoms with E-state index in [2.05, 4.69) is 68.9 Å². The smallest absolute Gasteiger partial charge is 0.407 e. The number of aromatic nitrogens is 4. The predicted octanol–water partition coefficient (Wildman–Crippen LogP) is 7.27.